The van der Waals surface area contributed by atoms with E-state index in [0.29, 0.717) is 16.9 Å². The molecule has 0 amide bonds. The normalized spacial score (nSPS) is 12.7. The second kappa shape index (κ2) is 11.1. The number of aromatic hydroxyl groups is 1. The molecule has 0 unspecified atom stereocenters. The Morgan fingerprint density at radius 2 is 1.46 bits per heavy atom. The van der Waals surface area contributed by atoms with Crippen LogP contribution in [0.1, 0.15) is 9.68 Å². The Kier molecular flexibility index (Phi) is 5.72. The number of aryl methyl sites for hydroxylation is 1. The molecule has 6 aromatic carbocycles. The quantitative estimate of drug-likeness (QED) is 0.207. The average molecular weight is 623 g/mol. The largest absolute Gasteiger partial charge is 0.507 e. The molecule has 9 aromatic rings. The molecular formula is C43H29N3O2. The smallest absolute Gasteiger partial charge is 0.149 e. The van der Waals surface area contributed by atoms with Crippen molar-refractivity contribution >= 4 is 33.0 Å². The Morgan fingerprint density at radius 1 is 0.646 bits per heavy atom. The molecule has 0 atom stereocenters. The van der Waals surface area contributed by atoms with Crippen LogP contribution in [0.4, 0.5) is 0 Å². The fraction of sp³-hybridized carbons (Fsp3) is 0.0233. The number of benzene rings is 6. The number of fused-ring (bicyclic) bond motifs is 4. The highest BCUT2D eigenvalue weighted by molar-refractivity contribution is 6.12. The first-order valence-corrected chi connectivity index (χ1v) is 15.7. The van der Waals surface area contributed by atoms with Crippen molar-refractivity contribution in [2.45, 2.75) is 6.85 Å². The number of nitrogens with zero attached hydrogens (tertiary/aromatic N) is 3. The molecule has 0 saturated heterocycles. The van der Waals surface area contributed by atoms with E-state index in [2.05, 4.69) is 29.2 Å². The molecule has 228 valence electrons. The van der Waals surface area contributed by atoms with Gasteiger partial charge in [0.15, 0.2) is 0 Å². The number of pyridine rings is 1. The molecule has 0 aliphatic carbocycles. The molecule has 0 fully saturated rings. The molecule has 3 aromatic heterocycles. The maximum Gasteiger partial charge on any atom is 0.149 e. The maximum atomic E-state index is 11.2. The molecule has 1 N–H and O–H groups in total. The summed E-state index contributed by atoms with van der Waals surface area (Å²) < 4.78 is 33.0. The third-order valence-corrected chi connectivity index (χ3v) is 8.88. The molecule has 3 heterocycles. The molecule has 48 heavy (non-hydrogen) atoms. The predicted octanol–water partition coefficient (Wildman–Crippen LogP) is 11.0. The summed E-state index contributed by atoms with van der Waals surface area (Å²) in [5, 5.41) is 13.2. The number of imidazole rings is 1. The summed E-state index contributed by atoms with van der Waals surface area (Å²) >= 11 is 0. The van der Waals surface area contributed by atoms with Crippen molar-refractivity contribution < 1.29 is 13.6 Å². The number of phenolic OH excluding ortho intramolecular Hbond substituents is 1. The van der Waals surface area contributed by atoms with Crippen molar-refractivity contribution in [1.29, 1.82) is 0 Å². The molecule has 9 rings (SSSR count). The second-order valence-corrected chi connectivity index (χ2v) is 11.8. The van der Waals surface area contributed by atoms with E-state index in [0.717, 1.165) is 66.7 Å². The van der Waals surface area contributed by atoms with E-state index >= 15 is 0 Å². The Morgan fingerprint density at radius 3 is 2.31 bits per heavy atom. The molecule has 0 aliphatic heterocycles. The molecule has 0 saturated carbocycles. The van der Waals surface area contributed by atoms with Gasteiger partial charge < -0.3 is 9.52 Å². The summed E-state index contributed by atoms with van der Waals surface area (Å²) in [5.74, 6) is 0.605. The molecule has 5 heteroatoms. The van der Waals surface area contributed by atoms with Gasteiger partial charge in [-0.15, -0.1) is 0 Å². The fourth-order valence-corrected chi connectivity index (χ4v) is 6.69. The highest BCUT2D eigenvalue weighted by atomic mass is 16.3. The number of para-hydroxylation sites is 3. The van der Waals surface area contributed by atoms with E-state index in [4.69, 9.17) is 13.5 Å². The van der Waals surface area contributed by atoms with Crippen LogP contribution in [0.5, 0.6) is 5.75 Å². The van der Waals surface area contributed by atoms with Crippen molar-refractivity contribution in [1.82, 2.24) is 14.5 Å². The van der Waals surface area contributed by atoms with Gasteiger partial charge in [0.25, 0.3) is 0 Å². The van der Waals surface area contributed by atoms with Crippen LogP contribution in [-0.2, 0) is 0 Å². The van der Waals surface area contributed by atoms with Gasteiger partial charge in [0, 0.05) is 37.8 Å². The number of hydrogen-bond donors (Lipinski definition) is 1. The fourth-order valence-electron chi connectivity index (χ4n) is 6.69. The highest BCUT2D eigenvalue weighted by Crippen LogP contribution is 2.43. The SMILES string of the molecule is [2H]C([2H])([2H])c1ccc(-n2c(-c3ccccc3O)nc3c(-c4cc(-c5ccccn5)c5oc6ccccc6c5c4)cccc32)c(-c2ccccc2)c1. The van der Waals surface area contributed by atoms with Gasteiger partial charge >= 0.3 is 0 Å². The summed E-state index contributed by atoms with van der Waals surface area (Å²) in [6.07, 6.45) is 1.78. The first-order valence-electron chi connectivity index (χ1n) is 17.2. The van der Waals surface area contributed by atoms with Crippen LogP contribution in [0, 0.1) is 6.85 Å². The van der Waals surface area contributed by atoms with Crippen LogP contribution in [-0.4, -0.2) is 19.6 Å². The molecule has 0 spiro atoms. The van der Waals surface area contributed by atoms with Crippen LogP contribution in [0.2, 0.25) is 0 Å². The number of aromatic nitrogens is 3. The Bertz CT molecular complexity index is 2750. The van der Waals surface area contributed by atoms with E-state index in [1.54, 1.807) is 30.5 Å². The van der Waals surface area contributed by atoms with Gasteiger partial charge in [0.1, 0.15) is 22.7 Å². The molecule has 0 bridgehead atoms. The van der Waals surface area contributed by atoms with E-state index in [-0.39, 0.29) is 11.3 Å². The van der Waals surface area contributed by atoms with Crippen molar-refractivity contribution in [3.63, 3.8) is 0 Å². The lowest BCUT2D eigenvalue weighted by atomic mass is 9.96. The van der Waals surface area contributed by atoms with Gasteiger partial charge in [-0.3, -0.25) is 9.55 Å². The number of phenols is 1. The summed E-state index contributed by atoms with van der Waals surface area (Å²) in [4.78, 5) is 9.98. The maximum absolute atomic E-state index is 11.2. The zero-order chi connectivity index (χ0) is 34.7. The molecule has 0 radical (unpaired) electrons. The molecular weight excluding hydrogens is 590 g/mol. The number of furan rings is 1. The standard InChI is InChI=1S/C43H29N3O2/c1-27-21-22-37(33(24-27)28-12-3-2-4-13-28)46-38-18-11-16-30(41(38)45-43(46)32-15-5-7-19-39(32)47)29-25-34-31-14-6-8-20-40(31)48-42(34)35(26-29)36-17-9-10-23-44-36/h2-26,47H,1H3/i1D3. The Labute approximate surface area is 281 Å². The first-order chi connectivity index (χ1) is 24.8. The van der Waals surface area contributed by atoms with Crippen LogP contribution < -0.4 is 0 Å². The monoisotopic (exact) mass is 622 g/mol. The number of rotatable bonds is 5. The van der Waals surface area contributed by atoms with Crippen LogP contribution in [0.15, 0.2) is 156 Å². The zero-order valence-corrected chi connectivity index (χ0v) is 25.6. The van der Waals surface area contributed by atoms with Crippen molar-refractivity contribution in [3.05, 3.63) is 157 Å². The third-order valence-electron chi connectivity index (χ3n) is 8.88. The van der Waals surface area contributed by atoms with Gasteiger partial charge in [-0.2, -0.15) is 0 Å². The zero-order valence-electron chi connectivity index (χ0n) is 28.6. The summed E-state index contributed by atoms with van der Waals surface area (Å²) in [6.45, 7) is -2.30. The Hall–Kier alpha value is -6.46. The van der Waals surface area contributed by atoms with Gasteiger partial charge in [-0.25, -0.2) is 4.98 Å². The van der Waals surface area contributed by atoms with Crippen molar-refractivity contribution in [3.8, 4) is 56.3 Å². The summed E-state index contributed by atoms with van der Waals surface area (Å²) in [7, 11) is 0. The van der Waals surface area contributed by atoms with Gasteiger partial charge in [-0.1, -0.05) is 90.5 Å². The van der Waals surface area contributed by atoms with E-state index in [1.165, 1.54) is 0 Å². The van der Waals surface area contributed by atoms with Crippen LogP contribution in [0.25, 0.3) is 83.6 Å². The van der Waals surface area contributed by atoms with Crippen LogP contribution in [0.3, 0.4) is 0 Å². The number of hydrogen-bond acceptors (Lipinski definition) is 4. The predicted molar refractivity (Wildman–Crippen MR) is 194 cm³/mol. The first kappa shape index (κ1) is 24.7. The van der Waals surface area contributed by atoms with E-state index in [9.17, 15) is 5.11 Å². The second-order valence-electron chi connectivity index (χ2n) is 11.8. The molecule has 5 nitrogen and oxygen atoms in total. The minimum Gasteiger partial charge on any atom is -0.507 e. The Balaban J connectivity index is 1.37. The van der Waals surface area contributed by atoms with E-state index < -0.39 is 6.85 Å². The van der Waals surface area contributed by atoms with Crippen molar-refractivity contribution in [2.24, 2.45) is 0 Å². The van der Waals surface area contributed by atoms with E-state index in [1.807, 2.05) is 102 Å². The third kappa shape index (κ3) is 4.48. The lowest BCUT2D eigenvalue weighted by Crippen LogP contribution is -2.01. The average Bonchev–Trinajstić information content (AvgIpc) is 3.73. The molecule has 0 aliphatic rings. The van der Waals surface area contributed by atoms with Crippen LogP contribution >= 0.6 is 0 Å². The lowest BCUT2D eigenvalue weighted by Gasteiger charge is -2.16. The minimum absolute atomic E-state index is 0.0831. The van der Waals surface area contributed by atoms with Gasteiger partial charge in [0.2, 0.25) is 0 Å². The lowest BCUT2D eigenvalue weighted by molar-refractivity contribution is 0.477. The van der Waals surface area contributed by atoms with Gasteiger partial charge in [0.05, 0.1) is 28.0 Å². The minimum atomic E-state index is -2.30. The topological polar surface area (TPSA) is 64.1 Å². The van der Waals surface area contributed by atoms with Crippen molar-refractivity contribution in [2.75, 3.05) is 0 Å². The highest BCUT2D eigenvalue weighted by Gasteiger charge is 2.23. The summed E-state index contributed by atoms with van der Waals surface area (Å²) in [5.41, 5.74) is 9.63. The summed E-state index contributed by atoms with van der Waals surface area (Å²) in [6, 6.07) is 46.2. The van der Waals surface area contributed by atoms with Gasteiger partial charge in [-0.05, 0) is 78.6 Å².